The molecule has 0 saturated carbocycles. The van der Waals surface area contributed by atoms with Crippen molar-refractivity contribution in [1.29, 1.82) is 0 Å². The molecule has 0 atom stereocenters. The molecule has 14 rings (SSSR count). The lowest BCUT2D eigenvalue weighted by molar-refractivity contribution is 1.32. The number of nitrogens with zero attached hydrogens (tertiary/aromatic N) is 2. The predicted octanol–water partition coefficient (Wildman–Crippen LogP) is 16.0. The van der Waals surface area contributed by atoms with E-state index in [9.17, 15) is 0 Å². The molecule has 0 amide bonds. The molecule has 2 nitrogen and oxygen atoms in total. The van der Waals surface area contributed by atoms with E-state index in [1.165, 1.54) is 131 Å². The highest BCUT2D eigenvalue weighted by Gasteiger charge is 2.42. The van der Waals surface area contributed by atoms with Gasteiger partial charge in [0.05, 0.1) is 22.7 Å². The van der Waals surface area contributed by atoms with Gasteiger partial charge >= 0.3 is 0 Å². The van der Waals surface area contributed by atoms with Gasteiger partial charge in [0.15, 0.2) is 0 Å². The van der Waals surface area contributed by atoms with Crippen LogP contribution in [0.3, 0.4) is 0 Å². The molecule has 0 fully saturated rings. The topological polar surface area (TPSA) is 6.48 Å². The molecule has 0 N–H and O–H groups in total. The first-order valence-corrected chi connectivity index (χ1v) is 30.7. The zero-order chi connectivity index (χ0) is 46.9. The summed E-state index contributed by atoms with van der Waals surface area (Å²) >= 11 is 0. The van der Waals surface area contributed by atoms with Crippen molar-refractivity contribution in [3.8, 4) is 22.3 Å². The monoisotopic (exact) mass is 926 g/mol. The normalized spacial score (nSPS) is 13.9. The lowest BCUT2D eigenvalue weighted by Crippen LogP contribution is -2.49. The summed E-state index contributed by atoms with van der Waals surface area (Å²) in [4.78, 5) is 5.03. The number of benzene rings is 12. The summed E-state index contributed by atoms with van der Waals surface area (Å²) in [6, 6.07) is 86.9. The van der Waals surface area contributed by atoms with Gasteiger partial charge in [-0.25, -0.2) is 0 Å². The number of hydrogen-bond acceptors (Lipinski definition) is 2. The number of anilines is 6. The molecule has 0 radical (unpaired) electrons. The fraction of sp³-hybridized carbons (Fsp3) is 0.0606. The van der Waals surface area contributed by atoms with Gasteiger partial charge < -0.3 is 9.80 Å². The Morgan fingerprint density at radius 1 is 0.257 bits per heavy atom. The Kier molecular flexibility index (Phi) is 8.92. The van der Waals surface area contributed by atoms with Crippen LogP contribution in [0.25, 0.3) is 76.1 Å². The van der Waals surface area contributed by atoms with Gasteiger partial charge in [-0.1, -0.05) is 208 Å². The molecule has 0 spiro atoms. The second kappa shape index (κ2) is 15.2. The first-order chi connectivity index (χ1) is 34.3. The maximum atomic E-state index is 2.56. The van der Waals surface area contributed by atoms with Crippen LogP contribution in [0.1, 0.15) is 0 Å². The molecule has 0 bridgehead atoms. The molecule has 0 unspecified atom stereocenters. The quantitative estimate of drug-likeness (QED) is 0.153. The standard InChI is InChI=1S/C66H50N2Si2/c1-69(2)61-39-37-54-53(65(61)55-35-33-47(41-63(55)69)67(57-29-13-21-43-17-5-9-25-49(43)57)58-30-14-22-44-18-6-10-26-50(44)58)38-40-62-66(54)56-36-34-48(42-64(56)70(62,3)4)68(59-31-15-23-45-19-7-11-27-51(45)59)60-32-16-24-46-20-8-12-28-52(46)60/h5-42H,1-4H3. The minimum absolute atomic E-state index is 1.19. The number of rotatable bonds is 6. The van der Waals surface area contributed by atoms with Gasteiger partial charge in [0.2, 0.25) is 0 Å². The molecular formula is C66H50N2Si2. The Labute approximate surface area is 411 Å². The van der Waals surface area contributed by atoms with Crippen LogP contribution in [-0.4, -0.2) is 16.1 Å². The van der Waals surface area contributed by atoms with E-state index < -0.39 is 16.1 Å². The third kappa shape index (κ3) is 5.90. The molecule has 0 aromatic heterocycles. The summed E-state index contributed by atoms with van der Waals surface area (Å²) in [7, 11) is -4.32. The summed E-state index contributed by atoms with van der Waals surface area (Å²) in [6.45, 7) is 10.2. The average Bonchev–Trinajstić information content (AvgIpc) is 3.78. The molecule has 2 heterocycles. The van der Waals surface area contributed by atoms with E-state index in [0.717, 1.165) is 0 Å². The fourth-order valence-electron chi connectivity index (χ4n) is 12.6. The summed E-state index contributed by atoms with van der Waals surface area (Å²) in [6.07, 6.45) is 0. The highest BCUT2D eigenvalue weighted by atomic mass is 28.3. The smallest absolute Gasteiger partial charge is 0.113 e. The third-order valence-electron chi connectivity index (χ3n) is 16.0. The number of fused-ring (bicyclic) bond motifs is 13. The van der Waals surface area contributed by atoms with E-state index in [1.807, 2.05) is 0 Å². The average molecular weight is 927 g/mol. The summed E-state index contributed by atoms with van der Waals surface area (Å²) < 4.78 is 0. The highest BCUT2D eigenvalue weighted by molar-refractivity contribution is 7.05. The van der Waals surface area contributed by atoms with Crippen LogP contribution in [0.5, 0.6) is 0 Å². The highest BCUT2D eigenvalue weighted by Crippen LogP contribution is 2.47. The van der Waals surface area contributed by atoms with Crippen molar-refractivity contribution in [2.75, 3.05) is 9.80 Å². The molecule has 4 heteroatoms. The van der Waals surface area contributed by atoms with Crippen LogP contribution in [0.15, 0.2) is 231 Å². The van der Waals surface area contributed by atoms with Crippen LogP contribution in [0.4, 0.5) is 34.1 Å². The summed E-state index contributed by atoms with van der Waals surface area (Å²) in [5.41, 5.74) is 12.8. The van der Waals surface area contributed by atoms with Crippen LogP contribution in [0.2, 0.25) is 26.2 Å². The van der Waals surface area contributed by atoms with Crippen molar-refractivity contribution in [2.45, 2.75) is 26.2 Å². The molecule has 2 aliphatic heterocycles. The van der Waals surface area contributed by atoms with Crippen molar-refractivity contribution in [3.05, 3.63) is 231 Å². The second-order valence-electron chi connectivity index (χ2n) is 20.4. The minimum atomic E-state index is -2.16. The van der Waals surface area contributed by atoms with E-state index in [0.29, 0.717) is 0 Å². The van der Waals surface area contributed by atoms with Gasteiger partial charge in [0, 0.05) is 32.9 Å². The minimum Gasteiger partial charge on any atom is -0.309 e. The van der Waals surface area contributed by atoms with Crippen LogP contribution in [-0.2, 0) is 0 Å². The Morgan fingerprint density at radius 3 is 0.886 bits per heavy atom. The molecule has 12 aromatic carbocycles. The first-order valence-electron chi connectivity index (χ1n) is 24.7. The van der Waals surface area contributed by atoms with Crippen molar-refractivity contribution in [1.82, 2.24) is 0 Å². The van der Waals surface area contributed by atoms with Crippen LogP contribution >= 0.6 is 0 Å². The van der Waals surface area contributed by atoms with Crippen molar-refractivity contribution >= 4 is 125 Å². The lowest BCUT2D eigenvalue weighted by atomic mass is 9.92. The van der Waals surface area contributed by atoms with E-state index in [-0.39, 0.29) is 0 Å². The molecule has 12 aromatic rings. The predicted molar refractivity (Wildman–Crippen MR) is 308 cm³/mol. The summed E-state index contributed by atoms with van der Waals surface area (Å²) in [5.74, 6) is 0. The van der Waals surface area contributed by atoms with Gasteiger partial charge in [0.1, 0.15) is 16.1 Å². The Morgan fingerprint density at radius 2 is 0.557 bits per heavy atom. The third-order valence-corrected chi connectivity index (χ3v) is 23.0. The molecule has 70 heavy (non-hydrogen) atoms. The van der Waals surface area contributed by atoms with Crippen molar-refractivity contribution in [2.24, 2.45) is 0 Å². The molecular weight excluding hydrogens is 877 g/mol. The van der Waals surface area contributed by atoms with Gasteiger partial charge in [-0.3, -0.25) is 0 Å². The van der Waals surface area contributed by atoms with Crippen molar-refractivity contribution < 1.29 is 0 Å². The van der Waals surface area contributed by atoms with Gasteiger partial charge in [-0.2, -0.15) is 0 Å². The number of hydrogen-bond donors (Lipinski definition) is 0. The molecule has 0 saturated heterocycles. The fourth-order valence-corrected chi connectivity index (χ4v) is 18.7. The van der Waals surface area contributed by atoms with Crippen molar-refractivity contribution in [3.63, 3.8) is 0 Å². The second-order valence-corrected chi connectivity index (χ2v) is 29.1. The van der Waals surface area contributed by atoms with E-state index in [1.54, 1.807) is 0 Å². The maximum absolute atomic E-state index is 2.56. The van der Waals surface area contributed by atoms with E-state index in [2.05, 4.69) is 267 Å². The zero-order valence-electron chi connectivity index (χ0n) is 39.8. The SMILES string of the molecule is C[Si]1(C)c2cc(N(c3cccc4ccccc34)c3cccc4ccccc34)ccc2-c2c1ccc1c3c(ccc21)[Si](C)(C)c1cc(N(c2cccc4ccccc24)c2cccc4ccccc24)ccc1-3. The van der Waals surface area contributed by atoms with E-state index in [4.69, 9.17) is 0 Å². The molecule has 2 aliphatic rings. The maximum Gasteiger partial charge on any atom is 0.113 e. The van der Waals surface area contributed by atoms with Gasteiger partial charge in [-0.15, -0.1) is 0 Å². The van der Waals surface area contributed by atoms with Gasteiger partial charge in [-0.05, 0) is 124 Å². The molecule has 0 aliphatic carbocycles. The Bertz CT molecular complexity index is 3720. The first kappa shape index (κ1) is 41.0. The lowest BCUT2D eigenvalue weighted by Gasteiger charge is -2.29. The Hall–Kier alpha value is -8.03. The van der Waals surface area contributed by atoms with Gasteiger partial charge in [0.25, 0.3) is 0 Å². The zero-order valence-corrected chi connectivity index (χ0v) is 41.8. The van der Waals surface area contributed by atoms with Crippen LogP contribution in [0, 0.1) is 0 Å². The Balaban J connectivity index is 0.937. The van der Waals surface area contributed by atoms with E-state index >= 15 is 0 Å². The van der Waals surface area contributed by atoms with Crippen LogP contribution < -0.4 is 30.5 Å². The summed E-state index contributed by atoms with van der Waals surface area (Å²) in [5, 5.41) is 18.7. The molecule has 332 valence electrons. The largest absolute Gasteiger partial charge is 0.309 e.